The second-order valence-electron chi connectivity index (χ2n) is 1.30. The van der Waals surface area contributed by atoms with Gasteiger partial charge in [0.2, 0.25) is 0 Å². The van der Waals surface area contributed by atoms with Gasteiger partial charge in [0.05, 0.1) is 7.11 Å². The molecule has 0 amide bonds. The predicted molar refractivity (Wildman–Crippen MR) is 44.3 cm³/mol. The molecule has 0 fully saturated rings. The summed E-state index contributed by atoms with van der Waals surface area (Å²) in [4.78, 5) is 11.9. The third-order valence-electron chi connectivity index (χ3n) is 0.613. The summed E-state index contributed by atoms with van der Waals surface area (Å²) in [6.45, 7) is 0.178. The molecule has 0 aromatic carbocycles. The molecule has 0 saturated carbocycles. The Morgan fingerprint density at radius 3 is 2.70 bits per heavy atom. The highest BCUT2D eigenvalue weighted by Crippen LogP contribution is 2.07. The average molecular weight is 274 g/mol. The van der Waals surface area contributed by atoms with Gasteiger partial charge in [0.1, 0.15) is 6.61 Å². The van der Waals surface area contributed by atoms with E-state index in [1.54, 1.807) is 4.99 Å². The predicted octanol–water partition coefficient (Wildman–Crippen LogP) is 2.40. The normalized spacial score (nSPS) is 10.9. The van der Waals surface area contributed by atoms with E-state index in [0.717, 1.165) is 4.48 Å². The molecule has 0 aliphatic heterocycles. The third-order valence-corrected chi connectivity index (χ3v) is 2.24. The lowest BCUT2D eigenvalue weighted by Crippen LogP contribution is -2.04. The Labute approximate surface area is 75.6 Å². The lowest BCUT2D eigenvalue weighted by molar-refractivity contribution is 0.0814. The Balaban J connectivity index is 3.45. The van der Waals surface area contributed by atoms with Gasteiger partial charge in [-0.15, -0.1) is 0 Å². The average Bonchev–Trinajstić information content (AvgIpc) is 1.99. The Morgan fingerprint density at radius 1 is 1.70 bits per heavy atom. The van der Waals surface area contributed by atoms with Crippen molar-refractivity contribution in [2.45, 2.75) is 0 Å². The maximum absolute atomic E-state index is 10.3. The number of methoxy groups -OCH3 is 1. The highest BCUT2D eigenvalue weighted by atomic mass is 79.9. The molecule has 5 heteroatoms. The van der Waals surface area contributed by atoms with E-state index in [2.05, 4.69) is 41.3 Å². The second kappa shape index (κ2) is 5.73. The molecule has 0 atom stereocenters. The monoisotopic (exact) mass is 272 g/mol. The fourth-order valence-corrected chi connectivity index (χ4v) is 0.465. The van der Waals surface area contributed by atoms with Crippen LogP contribution in [0.15, 0.2) is 9.47 Å². The Morgan fingerprint density at radius 2 is 2.30 bits per heavy atom. The van der Waals surface area contributed by atoms with Crippen LogP contribution in [-0.2, 0) is 9.47 Å². The number of carbonyl (C=O) groups is 1. The zero-order valence-corrected chi connectivity index (χ0v) is 8.44. The Kier molecular flexibility index (Phi) is 5.71. The van der Waals surface area contributed by atoms with Crippen LogP contribution in [0.25, 0.3) is 0 Å². The lowest BCUT2D eigenvalue weighted by Gasteiger charge is -1.99. The Hall–Kier alpha value is -0.0300. The number of hydrogen-bond donors (Lipinski definition) is 0. The maximum Gasteiger partial charge on any atom is 0.508 e. The van der Waals surface area contributed by atoms with Crippen LogP contribution in [0.1, 0.15) is 0 Å². The van der Waals surface area contributed by atoms with Crippen molar-refractivity contribution in [1.82, 2.24) is 0 Å². The summed E-state index contributed by atoms with van der Waals surface area (Å²) in [5.74, 6) is 0. The minimum Gasteiger partial charge on any atom is -0.438 e. The van der Waals surface area contributed by atoms with Crippen molar-refractivity contribution < 1.29 is 14.3 Å². The molecule has 0 saturated heterocycles. The van der Waals surface area contributed by atoms with Crippen molar-refractivity contribution >= 4 is 38.0 Å². The topological polar surface area (TPSA) is 35.5 Å². The van der Waals surface area contributed by atoms with Crippen molar-refractivity contribution in [3.63, 3.8) is 0 Å². The molecule has 0 aliphatic rings. The van der Waals surface area contributed by atoms with E-state index in [9.17, 15) is 4.79 Å². The first-order chi connectivity index (χ1) is 4.70. The first-order valence-electron chi connectivity index (χ1n) is 2.36. The van der Waals surface area contributed by atoms with Crippen LogP contribution in [0, 0.1) is 0 Å². The lowest BCUT2D eigenvalue weighted by atomic mass is 10.7. The molecule has 58 valence electrons. The zero-order chi connectivity index (χ0) is 7.98. The van der Waals surface area contributed by atoms with Gasteiger partial charge in [-0.3, -0.25) is 0 Å². The molecule has 0 aliphatic carbocycles. The molecule has 0 heterocycles. The highest BCUT2D eigenvalue weighted by molar-refractivity contribution is 9.14. The fourth-order valence-electron chi connectivity index (χ4n) is 0.218. The summed E-state index contributed by atoms with van der Waals surface area (Å²) < 4.78 is 9.49. The van der Waals surface area contributed by atoms with Gasteiger partial charge in [-0.25, -0.2) is 4.79 Å². The van der Waals surface area contributed by atoms with Crippen LogP contribution in [0.5, 0.6) is 0 Å². The first kappa shape index (κ1) is 9.97. The number of ether oxygens (including phenoxy) is 2. The highest BCUT2D eigenvalue weighted by Gasteiger charge is 1.99. The van der Waals surface area contributed by atoms with Gasteiger partial charge in [0.15, 0.2) is 0 Å². The molecule has 3 nitrogen and oxygen atoms in total. The summed E-state index contributed by atoms with van der Waals surface area (Å²) in [5.41, 5.74) is 0. The number of hydrogen-bond acceptors (Lipinski definition) is 3. The number of rotatable bonds is 2. The summed E-state index contributed by atoms with van der Waals surface area (Å²) in [6, 6.07) is 0. The van der Waals surface area contributed by atoms with E-state index in [4.69, 9.17) is 0 Å². The van der Waals surface area contributed by atoms with Crippen molar-refractivity contribution in [3.05, 3.63) is 9.47 Å². The standard InChI is InChI=1S/C5H6Br2O3/c1-9-5(8)10-3-4(7)2-6/h2H,3H2,1H3/b4-2-. The van der Waals surface area contributed by atoms with E-state index in [1.165, 1.54) is 7.11 Å². The zero-order valence-electron chi connectivity index (χ0n) is 5.27. The minimum atomic E-state index is -0.689. The molecule has 0 N–H and O–H groups in total. The Bertz CT molecular complexity index is 144. The summed E-state index contributed by atoms with van der Waals surface area (Å²) in [6.07, 6.45) is -0.689. The molecule has 0 aromatic heterocycles. The van der Waals surface area contributed by atoms with Crippen LogP contribution < -0.4 is 0 Å². The molecular formula is C5H6Br2O3. The van der Waals surface area contributed by atoms with Crippen LogP contribution >= 0.6 is 31.9 Å². The van der Waals surface area contributed by atoms with E-state index >= 15 is 0 Å². The quantitative estimate of drug-likeness (QED) is 0.725. The maximum atomic E-state index is 10.3. The van der Waals surface area contributed by atoms with Gasteiger partial charge in [-0.05, 0) is 4.99 Å². The SMILES string of the molecule is COC(=O)OC/C(Br)=C/Br. The van der Waals surface area contributed by atoms with Gasteiger partial charge >= 0.3 is 6.16 Å². The molecule has 10 heavy (non-hydrogen) atoms. The summed E-state index contributed by atoms with van der Waals surface area (Å²) in [7, 11) is 1.26. The van der Waals surface area contributed by atoms with Gasteiger partial charge < -0.3 is 9.47 Å². The number of carbonyl (C=O) groups excluding carboxylic acids is 1. The van der Waals surface area contributed by atoms with Crippen LogP contribution in [-0.4, -0.2) is 19.9 Å². The molecular weight excluding hydrogens is 268 g/mol. The molecule has 0 bridgehead atoms. The summed E-state index contributed by atoms with van der Waals surface area (Å²) >= 11 is 6.16. The third kappa shape index (κ3) is 4.81. The molecule has 0 radical (unpaired) electrons. The minimum absolute atomic E-state index is 0.178. The summed E-state index contributed by atoms with van der Waals surface area (Å²) in [5, 5.41) is 0. The number of halogens is 2. The van der Waals surface area contributed by atoms with Crippen LogP contribution in [0.2, 0.25) is 0 Å². The van der Waals surface area contributed by atoms with E-state index in [0.29, 0.717) is 0 Å². The fraction of sp³-hybridized carbons (Fsp3) is 0.400. The van der Waals surface area contributed by atoms with Gasteiger partial charge in [0, 0.05) is 4.48 Å². The molecule has 0 aromatic rings. The van der Waals surface area contributed by atoms with Crippen molar-refractivity contribution in [3.8, 4) is 0 Å². The molecule has 0 rings (SSSR count). The largest absolute Gasteiger partial charge is 0.508 e. The smallest absolute Gasteiger partial charge is 0.438 e. The van der Waals surface area contributed by atoms with Crippen LogP contribution in [0.4, 0.5) is 4.79 Å². The van der Waals surface area contributed by atoms with Gasteiger partial charge in [-0.2, -0.15) is 0 Å². The van der Waals surface area contributed by atoms with Crippen molar-refractivity contribution in [2.75, 3.05) is 13.7 Å². The van der Waals surface area contributed by atoms with Gasteiger partial charge in [-0.1, -0.05) is 31.9 Å². The molecule has 0 unspecified atom stereocenters. The van der Waals surface area contributed by atoms with E-state index in [1.807, 2.05) is 0 Å². The molecule has 0 spiro atoms. The van der Waals surface area contributed by atoms with Crippen molar-refractivity contribution in [2.24, 2.45) is 0 Å². The first-order valence-corrected chi connectivity index (χ1v) is 4.07. The second-order valence-corrected chi connectivity index (χ2v) is 2.78. The van der Waals surface area contributed by atoms with Crippen LogP contribution in [0.3, 0.4) is 0 Å². The van der Waals surface area contributed by atoms with Crippen molar-refractivity contribution in [1.29, 1.82) is 0 Å². The van der Waals surface area contributed by atoms with Gasteiger partial charge in [0.25, 0.3) is 0 Å². The van der Waals surface area contributed by atoms with E-state index in [-0.39, 0.29) is 6.61 Å². The van der Waals surface area contributed by atoms with E-state index < -0.39 is 6.16 Å².